The summed E-state index contributed by atoms with van der Waals surface area (Å²) in [5, 5.41) is 19.8. The fourth-order valence-electron chi connectivity index (χ4n) is 3.34. The molecule has 1 aromatic carbocycles. The number of benzene rings is 1. The smallest absolute Gasteiger partial charge is 0.340 e. The molecule has 1 aliphatic heterocycles. The first-order valence-electron chi connectivity index (χ1n) is 8.97. The van der Waals surface area contributed by atoms with Gasteiger partial charge in [-0.25, -0.2) is 9.89 Å². The maximum absolute atomic E-state index is 12.7. The quantitative estimate of drug-likeness (QED) is 0.537. The van der Waals surface area contributed by atoms with E-state index in [2.05, 4.69) is 32.6 Å². The van der Waals surface area contributed by atoms with Gasteiger partial charge in [0.05, 0.1) is 6.54 Å². The van der Waals surface area contributed by atoms with E-state index in [0.29, 0.717) is 25.3 Å². The van der Waals surface area contributed by atoms with Crippen LogP contribution in [0.3, 0.4) is 0 Å². The number of aromatic nitrogens is 3. The van der Waals surface area contributed by atoms with E-state index in [-0.39, 0.29) is 24.7 Å². The van der Waals surface area contributed by atoms with Crippen molar-refractivity contribution < 1.29 is 9.90 Å². The third kappa shape index (κ3) is 4.59. The highest BCUT2D eigenvalue weighted by Crippen LogP contribution is 2.22. The van der Waals surface area contributed by atoms with Crippen LogP contribution in [0.1, 0.15) is 30.7 Å². The lowest BCUT2D eigenvalue weighted by atomic mass is 9.91. The van der Waals surface area contributed by atoms with Crippen molar-refractivity contribution in [1.29, 1.82) is 0 Å². The van der Waals surface area contributed by atoms with Crippen LogP contribution in [0.2, 0.25) is 0 Å². The van der Waals surface area contributed by atoms with E-state index in [1.165, 1.54) is 5.56 Å². The predicted molar refractivity (Wildman–Crippen MR) is 96.4 cm³/mol. The molecule has 26 heavy (non-hydrogen) atoms. The van der Waals surface area contributed by atoms with Crippen LogP contribution in [0.5, 0.6) is 0 Å². The Bertz CT molecular complexity index is 772. The first-order chi connectivity index (χ1) is 12.6. The number of piperidine rings is 1. The number of carbonyl (C=O) groups excluding carboxylic acids is 1. The van der Waals surface area contributed by atoms with Gasteiger partial charge in [0.2, 0.25) is 0 Å². The van der Waals surface area contributed by atoms with Gasteiger partial charge in [-0.1, -0.05) is 30.3 Å². The first-order valence-corrected chi connectivity index (χ1v) is 8.97. The molecule has 0 aliphatic carbocycles. The van der Waals surface area contributed by atoms with Crippen molar-refractivity contribution in [1.82, 2.24) is 25.4 Å². The third-order valence-corrected chi connectivity index (χ3v) is 4.70. The number of likely N-dealkylation sites (tertiary alicyclic amines) is 1. The molecule has 0 spiro atoms. The number of hydrogen-bond donors (Lipinski definition) is 4. The molecule has 2 heterocycles. The molecule has 1 fully saturated rings. The zero-order valence-corrected chi connectivity index (χ0v) is 14.7. The molecule has 0 radical (unpaired) electrons. The minimum absolute atomic E-state index is 0.135. The summed E-state index contributed by atoms with van der Waals surface area (Å²) in [4.78, 5) is 28.0. The van der Waals surface area contributed by atoms with Crippen molar-refractivity contribution in [3.8, 4) is 0 Å². The Labute approximate surface area is 151 Å². The Hall–Kier alpha value is -2.45. The summed E-state index contributed by atoms with van der Waals surface area (Å²) in [6, 6.07) is 10.2. The van der Waals surface area contributed by atoms with E-state index in [0.717, 1.165) is 19.3 Å². The van der Waals surface area contributed by atoms with E-state index in [1.807, 2.05) is 18.2 Å². The topological polar surface area (TPSA) is 114 Å². The molecular formula is C18H25N5O3. The molecule has 1 aromatic heterocycles. The van der Waals surface area contributed by atoms with Gasteiger partial charge in [-0.2, -0.15) is 5.10 Å². The second kappa shape index (κ2) is 8.29. The highest BCUT2D eigenvalue weighted by molar-refractivity contribution is 5.86. The average Bonchev–Trinajstić information content (AvgIpc) is 3.05. The fourth-order valence-corrected chi connectivity index (χ4v) is 3.34. The number of nitrogens with one attached hydrogen (secondary N) is 3. The van der Waals surface area contributed by atoms with Gasteiger partial charge in [0.1, 0.15) is 5.82 Å². The fraction of sp³-hybridized carbons (Fsp3) is 0.500. The molecule has 1 aliphatic rings. The summed E-state index contributed by atoms with van der Waals surface area (Å²) >= 11 is 0. The number of amides is 1. The number of aliphatic hydroxyl groups is 1. The van der Waals surface area contributed by atoms with Crippen LogP contribution in [-0.2, 0) is 17.8 Å². The van der Waals surface area contributed by atoms with Crippen LogP contribution in [0.15, 0.2) is 35.1 Å². The molecule has 1 saturated heterocycles. The first kappa shape index (κ1) is 18.3. The van der Waals surface area contributed by atoms with Gasteiger partial charge in [-0.3, -0.25) is 9.78 Å². The molecule has 0 bridgehead atoms. The van der Waals surface area contributed by atoms with Crippen molar-refractivity contribution in [2.24, 2.45) is 0 Å². The zero-order chi connectivity index (χ0) is 18.4. The van der Waals surface area contributed by atoms with Gasteiger partial charge in [-0.15, -0.1) is 0 Å². The highest BCUT2D eigenvalue weighted by atomic mass is 16.3. The molecule has 1 amide bonds. The maximum atomic E-state index is 12.7. The monoisotopic (exact) mass is 359 g/mol. The Morgan fingerprint density at radius 2 is 2.08 bits per heavy atom. The summed E-state index contributed by atoms with van der Waals surface area (Å²) in [7, 11) is 0. The van der Waals surface area contributed by atoms with Crippen molar-refractivity contribution in [2.75, 3.05) is 19.6 Å². The normalized spacial score (nSPS) is 20.5. The molecule has 2 aromatic rings. The van der Waals surface area contributed by atoms with Crippen LogP contribution in [0, 0.1) is 0 Å². The molecule has 140 valence electrons. The van der Waals surface area contributed by atoms with Crippen molar-refractivity contribution >= 4 is 5.91 Å². The Balaban J connectivity index is 1.48. The summed E-state index contributed by atoms with van der Waals surface area (Å²) in [6.45, 7) is 1.74. The van der Waals surface area contributed by atoms with E-state index >= 15 is 0 Å². The molecule has 3 rings (SSSR count). The lowest BCUT2D eigenvalue weighted by molar-refractivity contribution is -0.156. The highest BCUT2D eigenvalue weighted by Gasteiger charge is 2.41. The summed E-state index contributed by atoms with van der Waals surface area (Å²) in [5.41, 5.74) is -0.526. The lowest BCUT2D eigenvalue weighted by Crippen LogP contribution is -2.58. The van der Waals surface area contributed by atoms with Gasteiger partial charge in [0.25, 0.3) is 5.91 Å². The molecule has 8 nitrogen and oxygen atoms in total. The Morgan fingerprint density at radius 3 is 2.81 bits per heavy atom. The molecule has 4 N–H and O–H groups in total. The summed E-state index contributed by atoms with van der Waals surface area (Å²) in [5.74, 6) is 0.224. The van der Waals surface area contributed by atoms with Crippen molar-refractivity contribution in [3.05, 3.63) is 52.2 Å². The van der Waals surface area contributed by atoms with Gasteiger partial charge >= 0.3 is 5.69 Å². The second-order valence-corrected chi connectivity index (χ2v) is 6.74. The number of carbonyl (C=O) groups is 1. The van der Waals surface area contributed by atoms with Crippen LogP contribution in [0.25, 0.3) is 0 Å². The molecule has 0 saturated carbocycles. The number of H-pyrrole nitrogens is 2. The lowest BCUT2D eigenvalue weighted by Gasteiger charge is -2.38. The standard InChI is InChI=1S/C18H25N5O3/c24-16-18(26,13-19-12-15-20-17(25)22-21-15)9-5-11-23(16)10-4-8-14-6-2-1-3-7-14/h1-3,6-7,19,26H,4-5,8-13H2,(H2,20,21,22,25)/t18-/m0/s1. The number of aromatic amines is 2. The van der Waals surface area contributed by atoms with Crippen LogP contribution < -0.4 is 11.0 Å². The predicted octanol–water partition coefficient (Wildman–Crippen LogP) is 0.174. The number of nitrogens with zero attached hydrogens (tertiary/aromatic N) is 2. The van der Waals surface area contributed by atoms with Crippen molar-refractivity contribution in [3.63, 3.8) is 0 Å². The molecular weight excluding hydrogens is 334 g/mol. The summed E-state index contributed by atoms with van der Waals surface area (Å²) < 4.78 is 0. The van der Waals surface area contributed by atoms with E-state index < -0.39 is 5.60 Å². The van der Waals surface area contributed by atoms with Crippen LogP contribution >= 0.6 is 0 Å². The number of hydrogen-bond acceptors (Lipinski definition) is 5. The van der Waals surface area contributed by atoms with Crippen LogP contribution in [-0.4, -0.2) is 56.3 Å². The minimum Gasteiger partial charge on any atom is -0.379 e. The summed E-state index contributed by atoms with van der Waals surface area (Å²) in [6.07, 6.45) is 2.99. The van der Waals surface area contributed by atoms with E-state index in [4.69, 9.17) is 0 Å². The molecule has 0 unspecified atom stereocenters. The van der Waals surface area contributed by atoms with Gasteiger partial charge < -0.3 is 15.3 Å². The zero-order valence-electron chi connectivity index (χ0n) is 14.7. The SMILES string of the molecule is O=C1N(CCCc2ccccc2)CCC[C@]1(O)CNCc1n[nH]c(=O)[nH]1. The maximum Gasteiger partial charge on any atom is 0.340 e. The van der Waals surface area contributed by atoms with E-state index in [9.17, 15) is 14.7 Å². The third-order valence-electron chi connectivity index (χ3n) is 4.70. The molecule has 8 heteroatoms. The van der Waals surface area contributed by atoms with Crippen molar-refractivity contribution in [2.45, 2.75) is 37.8 Å². The van der Waals surface area contributed by atoms with Gasteiger partial charge in [-0.05, 0) is 31.2 Å². The minimum atomic E-state index is -1.40. The number of aryl methyl sites for hydroxylation is 1. The largest absolute Gasteiger partial charge is 0.379 e. The van der Waals surface area contributed by atoms with Gasteiger partial charge in [0, 0.05) is 19.6 Å². The Morgan fingerprint density at radius 1 is 1.27 bits per heavy atom. The van der Waals surface area contributed by atoms with Crippen LogP contribution in [0.4, 0.5) is 0 Å². The Kier molecular flexibility index (Phi) is 5.85. The number of rotatable bonds is 8. The van der Waals surface area contributed by atoms with Gasteiger partial charge in [0.15, 0.2) is 5.60 Å². The average molecular weight is 359 g/mol. The molecule has 1 atom stereocenters. The second-order valence-electron chi connectivity index (χ2n) is 6.74. The van der Waals surface area contributed by atoms with E-state index in [1.54, 1.807) is 4.90 Å².